The van der Waals surface area contributed by atoms with Gasteiger partial charge in [-0.05, 0) is 18.2 Å². The molecule has 0 amide bonds. The van der Waals surface area contributed by atoms with Gasteiger partial charge in [-0.1, -0.05) is 50.2 Å². The van der Waals surface area contributed by atoms with Gasteiger partial charge in [-0.3, -0.25) is 0 Å². The van der Waals surface area contributed by atoms with E-state index in [9.17, 15) is 0 Å². The SMILES string of the molecule is CC(C)(C)c1nc(NN)cc(Sc2cccc(Cl)c2)n1. The number of nitrogen functional groups attached to an aromatic ring is 1. The number of hydrazine groups is 1. The molecule has 0 aliphatic heterocycles. The predicted molar refractivity (Wildman–Crippen MR) is 84.1 cm³/mol. The molecule has 20 heavy (non-hydrogen) atoms. The first-order chi connectivity index (χ1) is 9.38. The highest BCUT2D eigenvalue weighted by Gasteiger charge is 2.19. The molecule has 0 spiro atoms. The second kappa shape index (κ2) is 5.99. The zero-order valence-corrected chi connectivity index (χ0v) is 13.2. The fourth-order valence-electron chi connectivity index (χ4n) is 1.54. The van der Waals surface area contributed by atoms with Gasteiger partial charge in [-0.2, -0.15) is 0 Å². The minimum absolute atomic E-state index is 0.142. The Bertz CT molecular complexity index is 610. The molecule has 0 atom stereocenters. The van der Waals surface area contributed by atoms with Crippen LogP contribution in [-0.2, 0) is 5.41 Å². The Labute approximate surface area is 128 Å². The number of halogens is 1. The van der Waals surface area contributed by atoms with Crippen molar-refractivity contribution < 1.29 is 0 Å². The fourth-order valence-corrected chi connectivity index (χ4v) is 2.67. The van der Waals surface area contributed by atoms with Crippen LogP contribution in [0.2, 0.25) is 5.02 Å². The molecule has 106 valence electrons. The van der Waals surface area contributed by atoms with E-state index in [4.69, 9.17) is 17.4 Å². The van der Waals surface area contributed by atoms with E-state index in [0.717, 1.165) is 15.7 Å². The molecule has 0 unspecified atom stereocenters. The van der Waals surface area contributed by atoms with E-state index in [1.807, 2.05) is 30.3 Å². The molecule has 3 N–H and O–H groups in total. The molecule has 0 aliphatic rings. The Balaban J connectivity index is 2.36. The van der Waals surface area contributed by atoms with Crippen LogP contribution in [0.1, 0.15) is 26.6 Å². The van der Waals surface area contributed by atoms with Crippen LogP contribution in [0.5, 0.6) is 0 Å². The molecule has 0 fully saturated rings. The summed E-state index contributed by atoms with van der Waals surface area (Å²) >= 11 is 7.53. The zero-order valence-electron chi connectivity index (χ0n) is 11.6. The Kier molecular flexibility index (Phi) is 4.52. The molecule has 0 bridgehead atoms. The number of nitrogens with two attached hydrogens (primary N) is 1. The van der Waals surface area contributed by atoms with E-state index in [0.29, 0.717) is 10.8 Å². The van der Waals surface area contributed by atoms with Crippen molar-refractivity contribution in [2.24, 2.45) is 5.84 Å². The molecular formula is C14H17ClN4S. The number of hydrogen-bond donors (Lipinski definition) is 2. The number of nitrogens with zero attached hydrogens (tertiary/aromatic N) is 2. The Morgan fingerprint density at radius 2 is 1.95 bits per heavy atom. The standard InChI is InChI=1S/C14H17ClN4S/c1-14(2,3)13-17-11(19-16)8-12(18-13)20-10-6-4-5-9(15)7-10/h4-8H,16H2,1-3H3,(H,17,18,19). The summed E-state index contributed by atoms with van der Waals surface area (Å²) in [4.78, 5) is 10.0. The van der Waals surface area contributed by atoms with Gasteiger partial charge in [0.05, 0.1) is 0 Å². The first kappa shape index (κ1) is 15.1. The molecule has 1 aromatic carbocycles. The summed E-state index contributed by atoms with van der Waals surface area (Å²) in [6.07, 6.45) is 0. The minimum Gasteiger partial charge on any atom is -0.308 e. The van der Waals surface area contributed by atoms with Gasteiger partial charge >= 0.3 is 0 Å². The number of aromatic nitrogens is 2. The van der Waals surface area contributed by atoms with Gasteiger partial charge in [0.15, 0.2) is 0 Å². The van der Waals surface area contributed by atoms with Crippen molar-refractivity contribution in [2.45, 2.75) is 36.1 Å². The number of benzene rings is 1. The summed E-state index contributed by atoms with van der Waals surface area (Å²) in [6.45, 7) is 6.20. The van der Waals surface area contributed by atoms with Crippen LogP contribution in [-0.4, -0.2) is 9.97 Å². The third-order valence-corrected chi connectivity index (χ3v) is 3.68. The van der Waals surface area contributed by atoms with Crippen LogP contribution in [0.15, 0.2) is 40.3 Å². The van der Waals surface area contributed by atoms with Crippen molar-refractivity contribution in [2.75, 3.05) is 5.43 Å². The molecule has 0 radical (unpaired) electrons. The summed E-state index contributed by atoms with van der Waals surface area (Å²) in [5.41, 5.74) is 2.44. The van der Waals surface area contributed by atoms with Crippen molar-refractivity contribution >= 4 is 29.2 Å². The highest BCUT2D eigenvalue weighted by Crippen LogP contribution is 2.30. The third-order valence-electron chi connectivity index (χ3n) is 2.54. The molecule has 0 aliphatic carbocycles. The molecule has 0 saturated heterocycles. The van der Waals surface area contributed by atoms with Gasteiger partial charge in [0.25, 0.3) is 0 Å². The monoisotopic (exact) mass is 308 g/mol. The molecule has 0 saturated carbocycles. The highest BCUT2D eigenvalue weighted by atomic mass is 35.5. The maximum Gasteiger partial charge on any atom is 0.144 e. The summed E-state index contributed by atoms with van der Waals surface area (Å²) in [6, 6.07) is 9.48. The third kappa shape index (κ3) is 3.85. The first-order valence-electron chi connectivity index (χ1n) is 6.18. The highest BCUT2D eigenvalue weighted by molar-refractivity contribution is 7.99. The summed E-state index contributed by atoms with van der Waals surface area (Å²) in [5, 5.41) is 1.54. The smallest absolute Gasteiger partial charge is 0.144 e. The van der Waals surface area contributed by atoms with Gasteiger partial charge in [0, 0.05) is 21.4 Å². The Morgan fingerprint density at radius 1 is 1.20 bits per heavy atom. The summed E-state index contributed by atoms with van der Waals surface area (Å²) in [7, 11) is 0. The number of nitrogens with one attached hydrogen (secondary N) is 1. The largest absolute Gasteiger partial charge is 0.308 e. The van der Waals surface area contributed by atoms with Gasteiger partial charge in [-0.15, -0.1) is 0 Å². The van der Waals surface area contributed by atoms with E-state index in [1.54, 1.807) is 0 Å². The van der Waals surface area contributed by atoms with E-state index >= 15 is 0 Å². The lowest BCUT2D eigenvalue weighted by atomic mass is 9.96. The molecule has 4 nitrogen and oxygen atoms in total. The second-order valence-electron chi connectivity index (χ2n) is 5.37. The van der Waals surface area contributed by atoms with Gasteiger partial charge in [0.2, 0.25) is 0 Å². The van der Waals surface area contributed by atoms with E-state index in [-0.39, 0.29) is 5.41 Å². The Morgan fingerprint density at radius 3 is 2.55 bits per heavy atom. The molecule has 1 aromatic heterocycles. The lowest BCUT2D eigenvalue weighted by Gasteiger charge is -2.18. The average Bonchev–Trinajstić information content (AvgIpc) is 2.37. The molecule has 1 heterocycles. The summed E-state index contributed by atoms with van der Waals surface area (Å²) in [5.74, 6) is 6.83. The van der Waals surface area contributed by atoms with Gasteiger partial charge in [-0.25, -0.2) is 15.8 Å². The van der Waals surface area contributed by atoms with Crippen molar-refractivity contribution in [1.82, 2.24) is 9.97 Å². The van der Waals surface area contributed by atoms with Gasteiger partial charge in [0.1, 0.15) is 16.7 Å². The average molecular weight is 309 g/mol. The lowest BCUT2D eigenvalue weighted by molar-refractivity contribution is 0.539. The van der Waals surface area contributed by atoms with Crippen LogP contribution >= 0.6 is 23.4 Å². The summed E-state index contributed by atoms with van der Waals surface area (Å²) < 4.78 is 0. The minimum atomic E-state index is -0.142. The van der Waals surface area contributed by atoms with Crippen molar-refractivity contribution in [3.63, 3.8) is 0 Å². The number of rotatable bonds is 3. The lowest BCUT2D eigenvalue weighted by Crippen LogP contribution is -2.19. The van der Waals surface area contributed by atoms with Crippen molar-refractivity contribution in [1.29, 1.82) is 0 Å². The normalized spacial score (nSPS) is 11.4. The zero-order chi connectivity index (χ0) is 14.8. The molecule has 6 heteroatoms. The van der Waals surface area contributed by atoms with Gasteiger partial charge < -0.3 is 5.43 Å². The van der Waals surface area contributed by atoms with Crippen molar-refractivity contribution in [3.8, 4) is 0 Å². The maximum atomic E-state index is 6.00. The van der Waals surface area contributed by atoms with Crippen molar-refractivity contribution in [3.05, 3.63) is 41.2 Å². The molecular weight excluding hydrogens is 292 g/mol. The second-order valence-corrected chi connectivity index (χ2v) is 6.90. The predicted octanol–water partition coefficient (Wildman–Crippen LogP) is 3.86. The van der Waals surface area contributed by atoms with E-state index in [2.05, 4.69) is 36.2 Å². The van der Waals surface area contributed by atoms with E-state index in [1.165, 1.54) is 11.8 Å². The quantitative estimate of drug-likeness (QED) is 0.512. The first-order valence-corrected chi connectivity index (χ1v) is 7.37. The van der Waals surface area contributed by atoms with E-state index < -0.39 is 0 Å². The van der Waals surface area contributed by atoms with Crippen LogP contribution in [0.4, 0.5) is 5.82 Å². The number of hydrogen-bond acceptors (Lipinski definition) is 5. The molecule has 2 aromatic rings. The molecule has 2 rings (SSSR count). The van der Waals surface area contributed by atoms with Crippen LogP contribution < -0.4 is 11.3 Å². The fraction of sp³-hybridized carbons (Fsp3) is 0.286. The van der Waals surface area contributed by atoms with Crippen LogP contribution in [0.3, 0.4) is 0 Å². The Hall–Kier alpha value is -1.30. The maximum absolute atomic E-state index is 6.00. The van der Waals surface area contributed by atoms with Crippen LogP contribution in [0, 0.1) is 0 Å². The topological polar surface area (TPSA) is 63.8 Å². The number of anilines is 1. The van der Waals surface area contributed by atoms with Crippen LogP contribution in [0.25, 0.3) is 0 Å².